The average Bonchev–Trinajstić information content (AvgIpc) is 3.27. The highest BCUT2D eigenvalue weighted by atomic mass is 19.1. The van der Waals surface area contributed by atoms with Crippen LogP contribution >= 0.6 is 0 Å². The maximum atomic E-state index is 13.4. The van der Waals surface area contributed by atoms with Gasteiger partial charge < -0.3 is 15.4 Å². The lowest BCUT2D eigenvalue weighted by Gasteiger charge is -2.17. The SMILES string of the molecule is Cc1[nH]c2ccc(F)cc2c1CC(=O)NC(CCO)C1CC1. The van der Waals surface area contributed by atoms with Crippen LogP contribution in [0.3, 0.4) is 0 Å². The van der Waals surface area contributed by atoms with Crippen LogP contribution < -0.4 is 5.32 Å². The Kier molecular flexibility index (Phi) is 4.16. The maximum absolute atomic E-state index is 13.4. The second-order valence-electron chi connectivity index (χ2n) is 6.12. The molecule has 1 atom stereocenters. The smallest absolute Gasteiger partial charge is 0.224 e. The summed E-state index contributed by atoms with van der Waals surface area (Å²) in [6.45, 7) is 1.98. The van der Waals surface area contributed by atoms with Gasteiger partial charge in [0, 0.05) is 29.2 Å². The molecule has 1 aliphatic rings. The fourth-order valence-corrected chi connectivity index (χ4v) is 3.06. The molecule has 3 rings (SSSR count). The van der Waals surface area contributed by atoms with Crippen LogP contribution in [0.1, 0.15) is 30.5 Å². The largest absolute Gasteiger partial charge is 0.396 e. The van der Waals surface area contributed by atoms with Crippen molar-refractivity contribution in [1.29, 1.82) is 0 Å². The number of aromatic nitrogens is 1. The van der Waals surface area contributed by atoms with E-state index in [0.717, 1.165) is 35.0 Å². The first-order valence-electron chi connectivity index (χ1n) is 7.75. The number of hydrogen-bond acceptors (Lipinski definition) is 2. The van der Waals surface area contributed by atoms with Crippen LogP contribution in [0.4, 0.5) is 4.39 Å². The lowest BCUT2D eigenvalue weighted by atomic mass is 10.1. The molecule has 4 nitrogen and oxygen atoms in total. The van der Waals surface area contributed by atoms with E-state index in [1.807, 2.05) is 6.92 Å². The molecular weight excluding hydrogens is 283 g/mol. The molecule has 0 spiro atoms. The molecule has 1 aliphatic carbocycles. The van der Waals surface area contributed by atoms with Gasteiger partial charge in [-0.05, 0) is 55.9 Å². The first kappa shape index (κ1) is 15.0. The number of fused-ring (bicyclic) bond motifs is 1. The number of nitrogens with one attached hydrogen (secondary N) is 2. The Morgan fingerprint density at radius 1 is 1.50 bits per heavy atom. The van der Waals surface area contributed by atoms with E-state index < -0.39 is 0 Å². The predicted molar refractivity (Wildman–Crippen MR) is 83.1 cm³/mol. The van der Waals surface area contributed by atoms with Gasteiger partial charge in [0.2, 0.25) is 5.91 Å². The van der Waals surface area contributed by atoms with E-state index >= 15 is 0 Å². The van der Waals surface area contributed by atoms with Gasteiger partial charge in [0.05, 0.1) is 6.42 Å². The van der Waals surface area contributed by atoms with E-state index in [9.17, 15) is 9.18 Å². The Balaban J connectivity index is 1.76. The standard InChI is InChI=1S/C17H21FN2O2/c1-10-13(14-8-12(18)4-5-16(14)19-10)9-17(22)20-15(6-7-21)11-2-3-11/h4-5,8,11,15,19,21H,2-3,6-7,9H2,1H3,(H,20,22). The molecule has 22 heavy (non-hydrogen) atoms. The summed E-state index contributed by atoms with van der Waals surface area (Å²) in [7, 11) is 0. The number of H-pyrrole nitrogens is 1. The van der Waals surface area contributed by atoms with Gasteiger partial charge in [-0.1, -0.05) is 0 Å². The molecule has 118 valence electrons. The van der Waals surface area contributed by atoms with Gasteiger partial charge in [0.25, 0.3) is 0 Å². The van der Waals surface area contributed by atoms with Gasteiger partial charge in [-0.2, -0.15) is 0 Å². The van der Waals surface area contributed by atoms with Crippen molar-refractivity contribution in [3.63, 3.8) is 0 Å². The van der Waals surface area contributed by atoms with E-state index in [2.05, 4.69) is 10.3 Å². The number of hydrogen-bond donors (Lipinski definition) is 3. The first-order chi connectivity index (χ1) is 10.6. The number of aliphatic hydroxyl groups is 1. The molecule has 0 bridgehead atoms. The highest BCUT2D eigenvalue weighted by Gasteiger charge is 2.31. The lowest BCUT2D eigenvalue weighted by Crippen LogP contribution is -2.38. The number of aromatic amines is 1. The first-order valence-corrected chi connectivity index (χ1v) is 7.75. The molecule has 1 unspecified atom stereocenters. The molecule has 1 aromatic carbocycles. The summed E-state index contributed by atoms with van der Waals surface area (Å²) in [5.41, 5.74) is 2.57. The third-order valence-corrected chi connectivity index (χ3v) is 4.40. The number of carbonyl (C=O) groups is 1. The molecule has 1 fully saturated rings. The van der Waals surface area contributed by atoms with E-state index in [1.165, 1.54) is 12.1 Å². The number of amides is 1. The van der Waals surface area contributed by atoms with Crippen molar-refractivity contribution in [1.82, 2.24) is 10.3 Å². The fourth-order valence-electron chi connectivity index (χ4n) is 3.06. The van der Waals surface area contributed by atoms with Crippen LogP contribution in [0.15, 0.2) is 18.2 Å². The van der Waals surface area contributed by atoms with Gasteiger partial charge in [0.15, 0.2) is 0 Å². The van der Waals surface area contributed by atoms with Crippen LogP contribution in [0.5, 0.6) is 0 Å². The molecule has 0 radical (unpaired) electrons. The van der Waals surface area contributed by atoms with Crippen molar-refractivity contribution in [2.24, 2.45) is 5.92 Å². The number of aryl methyl sites for hydroxylation is 1. The molecule has 0 saturated heterocycles. The Hall–Kier alpha value is -1.88. The Morgan fingerprint density at radius 2 is 2.27 bits per heavy atom. The average molecular weight is 304 g/mol. The van der Waals surface area contributed by atoms with Crippen molar-refractivity contribution in [2.45, 2.75) is 38.6 Å². The minimum atomic E-state index is -0.302. The van der Waals surface area contributed by atoms with E-state index in [-0.39, 0.29) is 30.8 Å². The van der Waals surface area contributed by atoms with E-state index in [1.54, 1.807) is 6.07 Å². The Bertz CT molecular complexity index is 691. The molecule has 1 heterocycles. The van der Waals surface area contributed by atoms with Gasteiger partial charge in [-0.15, -0.1) is 0 Å². The third-order valence-electron chi connectivity index (χ3n) is 4.40. The highest BCUT2D eigenvalue weighted by Crippen LogP contribution is 2.34. The molecule has 1 aromatic heterocycles. The molecule has 3 N–H and O–H groups in total. The zero-order valence-corrected chi connectivity index (χ0v) is 12.7. The minimum absolute atomic E-state index is 0.0553. The van der Waals surface area contributed by atoms with Crippen LogP contribution in [-0.2, 0) is 11.2 Å². The summed E-state index contributed by atoms with van der Waals surface area (Å²) < 4.78 is 13.4. The van der Waals surface area contributed by atoms with Gasteiger partial charge in [-0.3, -0.25) is 4.79 Å². The molecule has 2 aromatic rings. The van der Waals surface area contributed by atoms with Crippen molar-refractivity contribution in [3.8, 4) is 0 Å². The molecule has 1 amide bonds. The van der Waals surface area contributed by atoms with Crippen LogP contribution in [0, 0.1) is 18.7 Å². The molecule has 1 saturated carbocycles. The Morgan fingerprint density at radius 3 is 2.95 bits per heavy atom. The van der Waals surface area contributed by atoms with Crippen LogP contribution in [-0.4, -0.2) is 28.6 Å². The molecule has 0 aliphatic heterocycles. The lowest BCUT2D eigenvalue weighted by molar-refractivity contribution is -0.121. The summed E-state index contributed by atoms with van der Waals surface area (Å²) in [6, 6.07) is 4.62. The zero-order chi connectivity index (χ0) is 15.7. The summed E-state index contributed by atoms with van der Waals surface area (Å²) in [5, 5.41) is 12.9. The fraction of sp³-hybridized carbons (Fsp3) is 0.471. The van der Waals surface area contributed by atoms with Crippen molar-refractivity contribution in [3.05, 3.63) is 35.3 Å². The van der Waals surface area contributed by atoms with Crippen molar-refractivity contribution in [2.75, 3.05) is 6.61 Å². The highest BCUT2D eigenvalue weighted by molar-refractivity contribution is 5.90. The summed E-state index contributed by atoms with van der Waals surface area (Å²) >= 11 is 0. The third kappa shape index (κ3) is 3.14. The topological polar surface area (TPSA) is 65.1 Å². The monoisotopic (exact) mass is 304 g/mol. The van der Waals surface area contributed by atoms with Crippen molar-refractivity contribution < 1.29 is 14.3 Å². The molecular formula is C17H21FN2O2. The maximum Gasteiger partial charge on any atom is 0.224 e. The zero-order valence-electron chi connectivity index (χ0n) is 12.7. The number of aliphatic hydroxyl groups excluding tert-OH is 1. The summed E-state index contributed by atoms with van der Waals surface area (Å²) in [6.07, 6.45) is 3.05. The summed E-state index contributed by atoms with van der Waals surface area (Å²) in [4.78, 5) is 15.5. The van der Waals surface area contributed by atoms with E-state index in [4.69, 9.17) is 5.11 Å². The molecule has 5 heteroatoms. The van der Waals surface area contributed by atoms with Crippen LogP contribution in [0.2, 0.25) is 0 Å². The second kappa shape index (κ2) is 6.08. The predicted octanol–water partition coefficient (Wildman–Crippen LogP) is 2.44. The number of halogens is 1. The number of benzene rings is 1. The number of rotatable bonds is 6. The normalized spacial score (nSPS) is 16.0. The van der Waals surface area contributed by atoms with Crippen molar-refractivity contribution >= 4 is 16.8 Å². The van der Waals surface area contributed by atoms with Gasteiger partial charge >= 0.3 is 0 Å². The quantitative estimate of drug-likeness (QED) is 0.767. The number of carbonyl (C=O) groups excluding carboxylic acids is 1. The minimum Gasteiger partial charge on any atom is -0.396 e. The Labute approximate surface area is 128 Å². The summed E-state index contributed by atoms with van der Waals surface area (Å²) in [5.74, 6) is 0.125. The van der Waals surface area contributed by atoms with Gasteiger partial charge in [-0.25, -0.2) is 4.39 Å². The van der Waals surface area contributed by atoms with Crippen LogP contribution in [0.25, 0.3) is 10.9 Å². The van der Waals surface area contributed by atoms with Gasteiger partial charge in [0.1, 0.15) is 5.82 Å². The van der Waals surface area contributed by atoms with E-state index in [0.29, 0.717) is 12.3 Å². The second-order valence-corrected chi connectivity index (χ2v) is 6.12.